The van der Waals surface area contributed by atoms with Gasteiger partial charge in [0, 0.05) is 12.4 Å². The fraction of sp³-hybridized carbons (Fsp3) is 0.222. The average molecular weight is 336 g/mol. The number of nitrogens with zero attached hydrogens (tertiary/aromatic N) is 3. The van der Waals surface area contributed by atoms with Crippen LogP contribution in [0.1, 0.15) is 18.5 Å². The second kappa shape index (κ2) is 6.01. The Labute approximate surface area is 143 Å². The number of para-hydroxylation sites is 2. The molecule has 0 radical (unpaired) electrons. The first-order valence-electron chi connectivity index (χ1n) is 8.05. The Morgan fingerprint density at radius 2 is 2.12 bits per heavy atom. The molecule has 0 unspecified atom stereocenters. The van der Waals surface area contributed by atoms with E-state index in [2.05, 4.69) is 15.3 Å². The number of anilines is 1. The van der Waals surface area contributed by atoms with Crippen molar-refractivity contribution in [1.82, 2.24) is 14.5 Å². The van der Waals surface area contributed by atoms with Gasteiger partial charge in [-0.2, -0.15) is 0 Å². The molecule has 25 heavy (non-hydrogen) atoms. The van der Waals surface area contributed by atoms with Crippen LogP contribution >= 0.6 is 0 Å². The van der Waals surface area contributed by atoms with Crippen LogP contribution in [0, 0.1) is 5.92 Å². The summed E-state index contributed by atoms with van der Waals surface area (Å²) in [6.45, 7) is 1.93. The van der Waals surface area contributed by atoms with Crippen molar-refractivity contribution in [1.29, 1.82) is 0 Å². The molecular formula is C18H16N4O3. The maximum absolute atomic E-state index is 12.6. The lowest BCUT2D eigenvalue weighted by atomic mass is 9.91. The number of esters is 1. The fourth-order valence-electron chi connectivity index (χ4n) is 3.26. The molecule has 0 saturated heterocycles. The van der Waals surface area contributed by atoms with Crippen molar-refractivity contribution < 1.29 is 14.3 Å². The van der Waals surface area contributed by atoms with E-state index in [4.69, 9.17) is 4.74 Å². The smallest absolute Gasteiger partial charge is 0.321 e. The quantitative estimate of drug-likeness (QED) is 0.585. The number of carbonyl (C=O) groups excluding carboxylic acids is 2. The first kappa shape index (κ1) is 15.3. The third kappa shape index (κ3) is 2.44. The minimum Gasteiger partial charge on any atom is -0.465 e. The molecule has 1 aromatic carbocycles. The number of benzene rings is 1. The summed E-state index contributed by atoms with van der Waals surface area (Å²) in [5.74, 6) is -1.57. The van der Waals surface area contributed by atoms with Crippen molar-refractivity contribution in [3.05, 3.63) is 54.4 Å². The maximum atomic E-state index is 12.6. The number of hydrogen-bond donors (Lipinski definition) is 1. The highest BCUT2D eigenvalue weighted by Crippen LogP contribution is 2.38. The van der Waals surface area contributed by atoms with Crippen molar-refractivity contribution in [2.75, 3.05) is 11.9 Å². The molecule has 3 aromatic rings. The van der Waals surface area contributed by atoms with Crippen molar-refractivity contribution in [3.8, 4) is 0 Å². The number of imidazole rings is 1. The van der Waals surface area contributed by atoms with Gasteiger partial charge in [0.25, 0.3) is 0 Å². The topological polar surface area (TPSA) is 86.1 Å². The summed E-state index contributed by atoms with van der Waals surface area (Å²) in [4.78, 5) is 33.8. The van der Waals surface area contributed by atoms with Crippen molar-refractivity contribution in [3.63, 3.8) is 0 Å². The number of ether oxygens (including phenoxy) is 1. The molecule has 7 nitrogen and oxygen atoms in total. The van der Waals surface area contributed by atoms with Gasteiger partial charge in [0.15, 0.2) is 5.92 Å². The molecule has 2 atom stereocenters. The Morgan fingerprint density at radius 1 is 1.28 bits per heavy atom. The van der Waals surface area contributed by atoms with Crippen LogP contribution < -0.4 is 5.32 Å². The number of aromatic nitrogens is 3. The number of nitrogens with one attached hydrogen (secondary N) is 1. The molecule has 7 heteroatoms. The van der Waals surface area contributed by atoms with Crippen LogP contribution in [0.5, 0.6) is 0 Å². The van der Waals surface area contributed by atoms with Gasteiger partial charge in [-0.05, 0) is 30.7 Å². The van der Waals surface area contributed by atoms with Crippen LogP contribution in [-0.2, 0) is 14.3 Å². The molecular weight excluding hydrogens is 320 g/mol. The van der Waals surface area contributed by atoms with Crippen molar-refractivity contribution >= 4 is 28.9 Å². The standard InChI is InChI=1S/C18H16N4O3/c1-2-25-17(24)14-15(11-6-5-9-19-10-11)22-13-8-4-3-7-12(13)20-18(22)21-16(14)23/h3-10,14-15H,2H2,1H3,(H,20,21,23)/t14-,15-/m0/s1. The first-order chi connectivity index (χ1) is 12.2. The highest BCUT2D eigenvalue weighted by molar-refractivity contribution is 6.07. The third-order valence-corrected chi connectivity index (χ3v) is 4.27. The van der Waals surface area contributed by atoms with Gasteiger partial charge in [-0.3, -0.25) is 19.9 Å². The molecule has 0 saturated carbocycles. The zero-order valence-corrected chi connectivity index (χ0v) is 13.5. The number of rotatable bonds is 3. The highest BCUT2D eigenvalue weighted by atomic mass is 16.5. The first-order valence-corrected chi connectivity index (χ1v) is 8.05. The molecule has 1 aliphatic heterocycles. The van der Waals surface area contributed by atoms with Crippen LogP contribution in [0.15, 0.2) is 48.8 Å². The summed E-state index contributed by atoms with van der Waals surface area (Å²) < 4.78 is 7.02. The Kier molecular flexibility index (Phi) is 3.68. The third-order valence-electron chi connectivity index (χ3n) is 4.27. The minimum atomic E-state index is -1.01. The number of pyridine rings is 1. The summed E-state index contributed by atoms with van der Waals surface area (Å²) >= 11 is 0. The van der Waals surface area contributed by atoms with E-state index >= 15 is 0 Å². The van der Waals surface area contributed by atoms with E-state index in [0.717, 1.165) is 16.6 Å². The summed E-state index contributed by atoms with van der Waals surface area (Å²) in [7, 11) is 0. The van der Waals surface area contributed by atoms with Gasteiger partial charge in [0.05, 0.1) is 23.7 Å². The normalized spacial score (nSPS) is 19.3. The van der Waals surface area contributed by atoms with Crippen molar-refractivity contribution in [2.24, 2.45) is 5.92 Å². The minimum absolute atomic E-state index is 0.208. The van der Waals surface area contributed by atoms with Gasteiger partial charge >= 0.3 is 5.97 Å². The second-order valence-electron chi connectivity index (χ2n) is 5.74. The molecule has 0 aliphatic carbocycles. The number of amides is 1. The Morgan fingerprint density at radius 3 is 2.88 bits per heavy atom. The van der Waals surface area contributed by atoms with Crippen molar-refractivity contribution in [2.45, 2.75) is 13.0 Å². The van der Waals surface area contributed by atoms with Gasteiger partial charge in [-0.1, -0.05) is 18.2 Å². The maximum Gasteiger partial charge on any atom is 0.321 e. The van der Waals surface area contributed by atoms with E-state index < -0.39 is 23.8 Å². The Bertz CT molecular complexity index is 951. The molecule has 0 spiro atoms. The van der Waals surface area contributed by atoms with E-state index in [1.165, 1.54) is 0 Å². The molecule has 1 N–H and O–H groups in total. The van der Waals surface area contributed by atoms with E-state index in [1.54, 1.807) is 25.4 Å². The highest BCUT2D eigenvalue weighted by Gasteiger charge is 2.44. The SMILES string of the molecule is CCOC(=O)[C@@H]1C(=O)Nc2nc3ccccc3n2[C@H]1c1cccnc1. The molecule has 1 amide bonds. The zero-order valence-electron chi connectivity index (χ0n) is 13.5. The largest absolute Gasteiger partial charge is 0.465 e. The lowest BCUT2D eigenvalue weighted by Gasteiger charge is -2.31. The van der Waals surface area contributed by atoms with Gasteiger partial charge in [0.2, 0.25) is 11.9 Å². The molecule has 3 heterocycles. The van der Waals surface area contributed by atoms with Crippen LogP contribution in [0.4, 0.5) is 5.95 Å². The molecule has 0 fully saturated rings. The van der Waals surface area contributed by atoms with Crippen LogP contribution in [0.2, 0.25) is 0 Å². The van der Waals surface area contributed by atoms with Gasteiger partial charge < -0.3 is 9.30 Å². The predicted octanol–water partition coefficient (Wildman–Crippen LogP) is 2.15. The van der Waals surface area contributed by atoms with E-state index in [1.807, 2.05) is 34.9 Å². The fourth-order valence-corrected chi connectivity index (χ4v) is 3.26. The Balaban J connectivity index is 1.96. The lowest BCUT2D eigenvalue weighted by Crippen LogP contribution is -2.43. The van der Waals surface area contributed by atoms with Gasteiger partial charge in [-0.25, -0.2) is 4.98 Å². The number of fused-ring (bicyclic) bond motifs is 3. The van der Waals surface area contributed by atoms with E-state index in [0.29, 0.717) is 5.95 Å². The van der Waals surface area contributed by atoms with Gasteiger partial charge in [-0.15, -0.1) is 0 Å². The van der Waals surface area contributed by atoms with Crippen LogP contribution in [0.3, 0.4) is 0 Å². The molecule has 2 aromatic heterocycles. The predicted molar refractivity (Wildman–Crippen MR) is 90.9 cm³/mol. The van der Waals surface area contributed by atoms with Crippen LogP contribution in [0.25, 0.3) is 11.0 Å². The molecule has 0 bridgehead atoms. The molecule has 4 rings (SSSR count). The average Bonchev–Trinajstić information content (AvgIpc) is 2.99. The summed E-state index contributed by atoms with van der Waals surface area (Å²) in [5.41, 5.74) is 2.33. The summed E-state index contributed by atoms with van der Waals surface area (Å²) in [6, 6.07) is 10.6. The molecule has 126 valence electrons. The second-order valence-corrected chi connectivity index (χ2v) is 5.74. The van der Waals surface area contributed by atoms with Crippen LogP contribution in [-0.4, -0.2) is 33.0 Å². The van der Waals surface area contributed by atoms with E-state index in [9.17, 15) is 9.59 Å². The monoisotopic (exact) mass is 336 g/mol. The zero-order chi connectivity index (χ0) is 17.4. The van der Waals surface area contributed by atoms with Gasteiger partial charge in [0.1, 0.15) is 0 Å². The summed E-state index contributed by atoms with van der Waals surface area (Å²) in [5, 5.41) is 2.73. The Hall–Kier alpha value is -3.22. The number of carbonyl (C=O) groups is 2. The van der Waals surface area contributed by atoms with E-state index in [-0.39, 0.29) is 6.61 Å². The molecule has 1 aliphatic rings. The summed E-state index contributed by atoms with van der Waals surface area (Å²) in [6.07, 6.45) is 3.31. The number of hydrogen-bond acceptors (Lipinski definition) is 5. The lowest BCUT2D eigenvalue weighted by molar-refractivity contribution is -0.152.